The van der Waals surface area contributed by atoms with Crippen molar-refractivity contribution in [1.82, 2.24) is 20.5 Å². The molecule has 0 bridgehead atoms. The van der Waals surface area contributed by atoms with E-state index >= 15 is 0 Å². The van der Waals surface area contributed by atoms with Crippen molar-refractivity contribution in [3.05, 3.63) is 20.8 Å². The van der Waals surface area contributed by atoms with Gasteiger partial charge < -0.3 is 10.1 Å². The molecular formula is C8H12N4O3. The number of ether oxygens (including phenoxy) is 1. The number of aromatic amines is 2. The maximum Gasteiger partial charge on any atom is 0.342 e. The van der Waals surface area contributed by atoms with E-state index < -0.39 is 11.2 Å². The molecule has 0 unspecified atom stereocenters. The standard InChI is InChI=1S/C8H12N4O3/c13-6-7(11-12-8(14)10-6)15-5-1-3-9-4-2-5/h5,9H,1-4H2,(H2,10,12,13,14). The van der Waals surface area contributed by atoms with Gasteiger partial charge in [-0.3, -0.25) is 9.78 Å². The van der Waals surface area contributed by atoms with Crippen LogP contribution in [0, 0.1) is 0 Å². The lowest BCUT2D eigenvalue weighted by molar-refractivity contribution is 0.151. The second-order valence-corrected chi connectivity index (χ2v) is 3.38. The minimum atomic E-state index is -0.627. The van der Waals surface area contributed by atoms with Crippen LogP contribution in [0.4, 0.5) is 0 Å². The quantitative estimate of drug-likeness (QED) is 0.559. The van der Waals surface area contributed by atoms with Crippen molar-refractivity contribution in [2.24, 2.45) is 0 Å². The van der Waals surface area contributed by atoms with Crippen molar-refractivity contribution in [3.8, 4) is 5.88 Å². The lowest BCUT2D eigenvalue weighted by atomic mass is 10.1. The number of H-pyrrole nitrogens is 2. The normalized spacial score (nSPS) is 17.6. The lowest BCUT2D eigenvalue weighted by Gasteiger charge is -2.22. The van der Waals surface area contributed by atoms with Crippen LogP contribution >= 0.6 is 0 Å². The number of nitrogens with zero attached hydrogens (tertiary/aromatic N) is 1. The summed E-state index contributed by atoms with van der Waals surface area (Å²) in [6.07, 6.45) is 1.66. The third kappa shape index (κ3) is 2.44. The van der Waals surface area contributed by atoms with Crippen LogP contribution in [0.2, 0.25) is 0 Å². The van der Waals surface area contributed by atoms with Crippen LogP contribution in [-0.2, 0) is 0 Å². The Morgan fingerprint density at radius 3 is 2.67 bits per heavy atom. The summed E-state index contributed by atoms with van der Waals surface area (Å²) in [7, 11) is 0. The van der Waals surface area contributed by atoms with Gasteiger partial charge in [0.15, 0.2) is 0 Å². The van der Waals surface area contributed by atoms with Crippen LogP contribution in [0.25, 0.3) is 0 Å². The minimum Gasteiger partial charge on any atom is -0.469 e. The van der Waals surface area contributed by atoms with Crippen LogP contribution in [0.3, 0.4) is 0 Å². The van der Waals surface area contributed by atoms with Crippen molar-refractivity contribution in [2.75, 3.05) is 13.1 Å². The van der Waals surface area contributed by atoms with Gasteiger partial charge in [0.2, 0.25) is 0 Å². The highest BCUT2D eigenvalue weighted by Gasteiger charge is 2.16. The first-order valence-electron chi connectivity index (χ1n) is 4.82. The van der Waals surface area contributed by atoms with Crippen LogP contribution < -0.4 is 21.3 Å². The molecule has 1 aromatic rings. The van der Waals surface area contributed by atoms with Crippen LogP contribution in [0.5, 0.6) is 5.88 Å². The summed E-state index contributed by atoms with van der Waals surface area (Å²) >= 11 is 0. The van der Waals surface area contributed by atoms with Gasteiger partial charge in [0.1, 0.15) is 6.10 Å². The largest absolute Gasteiger partial charge is 0.469 e. The smallest absolute Gasteiger partial charge is 0.342 e. The zero-order valence-electron chi connectivity index (χ0n) is 8.08. The Kier molecular flexibility index (Phi) is 2.82. The first-order valence-corrected chi connectivity index (χ1v) is 4.82. The third-order valence-corrected chi connectivity index (χ3v) is 2.24. The van der Waals surface area contributed by atoms with Crippen molar-refractivity contribution >= 4 is 0 Å². The number of hydrogen-bond donors (Lipinski definition) is 3. The van der Waals surface area contributed by atoms with Gasteiger partial charge in [-0.15, -0.1) is 5.10 Å². The summed E-state index contributed by atoms with van der Waals surface area (Å²) < 4.78 is 5.38. The fraction of sp³-hybridized carbons (Fsp3) is 0.625. The molecule has 0 atom stereocenters. The highest BCUT2D eigenvalue weighted by Crippen LogP contribution is 2.08. The van der Waals surface area contributed by atoms with Crippen LogP contribution in [0.15, 0.2) is 9.59 Å². The molecule has 1 aliphatic rings. The van der Waals surface area contributed by atoms with Crippen LogP contribution in [0.1, 0.15) is 12.8 Å². The fourth-order valence-electron chi connectivity index (χ4n) is 1.49. The maximum absolute atomic E-state index is 11.2. The Morgan fingerprint density at radius 1 is 1.27 bits per heavy atom. The molecule has 1 saturated heterocycles. The van der Waals surface area contributed by atoms with E-state index in [2.05, 4.69) is 20.5 Å². The minimum absolute atomic E-state index is 0.00856. The molecule has 7 heteroatoms. The van der Waals surface area contributed by atoms with Gasteiger partial charge in [-0.2, -0.15) is 0 Å². The highest BCUT2D eigenvalue weighted by atomic mass is 16.5. The number of nitrogens with one attached hydrogen (secondary N) is 3. The van der Waals surface area contributed by atoms with E-state index in [1.807, 2.05) is 0 Å². The van der Waals surface area contributed by atoms with Crippen molar-refractivity contribution in [3.63, 3.8) is 0 Å². The van der Waals surface area contributed by atoms with Crippen LogP contribution in [-0.4, -0.2) is 34.4 Å². The Bertz CT molecular complexity index is 432. The molecule has 1 aliphatic heterocycles. The number of hydrogen-bond acceptors (Lipinski definition) is 5. The summed E-state index contributed by atoms with van der Waals surface area (Å²) in [5.41, 5.74) is -1.21. The average Bonchev–Trinajstić information content (AvgIpc) is 2.24. The van der Waals surface area contributed by atoms with Gasteiger partial charge in [-0.25, -0.2) is 9.89 Å². The molecule has 2 rings (SSSR count). The van der Waals surface area contributed by atoms with E-state index in [4.69, 9.17) is 4.74 Å². The molecule has 0 aromatic carbocycles. The Hall–Kier alpha value is -1.63. The average molecular weight is 212 g/mol. The molecule has 0 radical (unpaired) electrons. The molecule has 0 saturated carbocycles. The summed E-state index contributed by atoms with van der Waals surface area (Å²) in [4.78, 5) is 24.0. The summed E-state index contributed by atoms with van der Waals surface area (Å²) in [6, 6.07) is 0. The molecule has 15 heavy (non-hydrogen) atoms. The summed E-state index contributed by atoms with van der Waals surface area (Å²) in [6.45, 7) is 1.73. The second-order valence-electron chi connectivity index (χ2n) is 3.38. The van der Waals surface area contributed by atoms with Crippen molar-refractivity contribution in [1.29, 1.82) is 0 Å². The Labute approximate surface area is 84.9 Å². The number of rotatable bonds is 2. The SMILES string of the molecule is O=c1[nH]nc(OC2CCNCC2)c(=O)[nH]1. The molecule has 3 N–H and O–H groups in total. The van der Waals surface area contributed by atoms with Gasteiger partial charge in [-0.1, -0.05) is 0 Å². The first-order chi connectivity index (χ1) is 7.25. The van der Waals surface area contributed by atoms with Gasteiger partial charge in [0.25, 0.3) is 5.88 Å². The van der Waals surface area contributed by atoms with Crippen molar-refractivity contribution in [2.45, 2.75) is 18.9 Å². The summed E-state index contributed by atoms with van der Waals surface area (Å²) in [5.74, 6) is -0.0681. The predicted molar refractivity (Wildman–Crippen MR) is 52.0 cm³/mol. The zero-order chi connectivity index (χ0) is 10.7. The van der Waals surface area contributed by atoms with Gasteiger partial charge >= 0.3 is 11.2 Å². The van der Waals surface area contributed by atoms with E-state index in [1.165, 1.54) is 0 Å². The maximum atomic E-state index is 11.2. The number of piperidine rings is 1. The molecule has 1 fully saturated rings. The van der Waals surface area contributed by atoms with Gasteiger partial charge in [0, 0.05) is 0 Å². The summed E-state index contributed by atoms with van der Waals surface area (Å²) in [5, 5.41) is 8.86. The fourth-order valence-corrected chi connectivity index (χ4v) is 1.49. The van der Waals surface area contributed by atoms with Gasteiger partial charge in [-0.05, 0) is 25.9 Å². The Balaban J connectivity index is 2.09. The molecule has 2 heterocycles. The number of aromatic nitrogens is 3. The molecule has 82 valence electrons. The Morgan fingerprint density at radius 2 is 2.00 bits per heavy atom. The molecule has 7 nitrogen and oxygen atoms in total. The second kappa shape index (κ2) is 4.26. The third-order valence-electron chi connectivity index (χ3n) is 2.24. The van der Waals surface area contributed by atoms with Gasteiger partial charge in [0.05, 0.1) is 0 Å². The lowest BCUT2D eigenvalue weighted by Crippen LogP contribution is -2.36. The van der Waals surface area contributed by atoms with E-state index in [0.29, 0.717) is 0 Å². The van der Waals surface area contributed by atoms with E-state index in [1.54, 1.807) is 0 Å². The topological polar surface area (TPSA) is 99.9 Å². The molecule has 1 aromatic heterocycles. The van der Waals surface area contributed by atoms with E-state index in [9.17, 15) is 9.59 Å². The highest BCUT2D eigenvalue weighted by molar-refractivity contribution is 5.00. The molecule has 0 spiro atoms. The molecule has 0 aliphatic carbocycles. The first kappa shape index (κ1) is 9.91. The van der Waals surface area contributed by atoms with Crippen molar-refractivity contribution < 1.29 is 4.74 Å². The van der Waals surface area contributed by atoms with E-state index in [-0.39, 0.29) is 12.0 Å². The zero-order valence-corrected chi connectivity index (χ0v) is 8.08. The van der Waals surface area contributed by atoms with E-state index in [0.717, 1.165) is 25.9 Å². The monoisotopic (exact) mass is 212 g/mol. The molecule has 0 amide bonds. The predicted octanol–water partition coefficient (Wildman–Crippen LogP) is -1.41. The molecular weight excluding hydrogens is 200 g/mol.